The molecule has 1 aromatic carbocycles. The number of hydrogen-bond donors (Lipinski definition) is 1. The number of carbonyl (C=O) groups excluding carboxylic acids is 1. The molecule has 0 aliphatic carbocycles. The van der Waals surface area contributed by atoms with Crippen LogP contribution in [0.15, 0.2) is 18.2 Å². The third-order valence-electron chi connectivity index (χ3n) is 1.93. The van der Waals surface area contributed by atoms with Gasteiger partial charge in [0, 0.05) is 5.56 Å². The van der Waals surface area contributed by atoms with Crippen molar-refractivity contribution in [3.05, 3.63) is 35.4 Å². The summed E-state index contributed by atoms with van der Waals surface area (Å²) >= 11 is 0. The average molecular weight is 216 g/mol. The van der Waals surface area contributed by atoms with Gasteiger partial charge >= 0.3 is 5.97 Å². The van der Waals surface area contributed by atoms with E-state index < -0.39 is 30.1 Å². The quantitative estimate of drug-likeness (QED) is 0.780. The fraction of sp³-hybridized carbons (Fsp3) is 0.300. The Morgan fingerprint density at radius 2 is 2.20 bits per heavy atom. The van der Waals surface area contributed by atoms with Crippen LogP contribution in [0.3, 0.4) is 0 Å². The lowest BCUT2D eigenvalue weighted by atomic mass is 10.1. The van der Waals surface area contributed by atoms with Gasteiger partial charge < -0.3 is 9.84 Å². The Balaban J connectivity index is 2.86. The van der Waals surface area contributed by atoms with Gasteiger partial charge in [-0.05, 0) is 6.07 Å². The molecule has 3 nitrogen and oxygen atoms in total. The SMILES string of the molecule is COC(=O)C[C@H](O)c1cccc(F)c1F. The van der Waals surface area contributed by atoms with Crippen molar-refractivity contribution in [1.29, 1.82) is 0 Å². The largest absolute Gasteiger partial charge is 0.469 e. The van der Waals surface area contributed by atoms with Gasteiger partial charge in [-0.1, -0.05) is 12.1 Å². The Kier molecular flexibility index (Phi) is 3.74. The first-order valence-corrected chi connectivity index (χ1v) is 4.25. The summed E-state index contributed by atoms with van der Waals surface area (Å²) in [6, 6.07) is 3.41. The Morgan fingerprint density at radius 3 is 2.80 bits per heavy atom. The van der Waals surface area contributed by atoms with Gasteiger partial charge in [-0.3, -0.25) is 4.79 Å². The molecule has 1 aromatic rings. The number of hydrogen-bond acceptors (Lipinski definition) is 3. The fourth-order valence-electron chi connectivity index (χ4n) is 1.13. The molecule has 0 aliphatic rings. The predicted octanol–water partition coefficient (Wildman–Crippen LogP) is 1.56. The van der Waals surface area contributed by atoms with Crippen LogP contribution in [-0.4, -0.2) is 18.2 Å². The van der Waals surface area contributed by atoms with E-state index in [1.165, 1.54) is 12.1 Å². The maximum absolute atomic E-state index is 13.1. The molecular weight excluding hydrogens is 206 g/mol. The van der Waals surface area contributed by atoms with Gasteiger partial charge in [0.05, 0.1) is 19.6 Å². The van der Waals surface area contributed by atoms with Crippen LogP contribution in [0, 0.1) is 11.6 Å². The fourth-order valence-corrected chi connectivity index (χ4v) is 1.13. The lowest BCUT2D eigenvalue weighted by Crippen LogP contribution is -2.10. The number of aliphatic hydroxyl groups is 1. The maximum Gasteiger partial charge on any atom is 0.308 e. The van der Waals surface area contributed by atoms with Crippen LogP contribution >= 0.6 is 0 Å². The van der Waals surface area contributed by atoms with E-state index in [1.54, 1.807) is 0 Å². The summed E-state index contributed by atoms with van der Waals surface area (Å²) in [6.45, 7) is 0. The molecule has 0 heterocycles. The zero-order valence-electron chi connectivity index (χ0n) is 8.04. The Morgan fingerprint density at radius 1 is 1.53 bits per heavy atom. The van der Waals surface area contributed by atoms with E-state index in [0.29, 0.717) is 0 Å². The highest BCUT2D eigenvalue weighted by Gasteiger charge is 2.18. The second-order valence-electron chi connectivity index (χ2n) is 2.94. The lowest BCUT2D eigenvalue weighted by Gasteiger charge is -2.10. The second kappa shape index (κ2) is 4.84. The predicted molar refractivity (Wildman–Crippen MR) is 48.0 cm³/mol. The van der Waals surface area contributed by atoms with Crippen LogP contribution in [0.1, 0.15) is 18.1 Å². The highest BCUT2D eigenvalue weighted by atomic mass is 19.2. The van der Waals surface area contributed by atoms with Crippen LogP contribution in [-0.2, 0) is 9.53 Å². The van der Waals surface area contributed by atoms with Gasteiger partial charge in [0.25, 0.3) is 0 Å². The van der Waals surface area contributed by atoms with E-state index in [-0.39, 0.29) is 5.56 Å². The summed E-state index contributed by atoms with van der Waals surface area (Å²) in [5.41, 5.74) is -0.250. The number of rotatable bonds is 3. The maximum atomic E-state index is 13.1. The molecule has 0 saturated heterocycles. The molecule has 0 spiro atoms. The zero-order chi connectivity index (χ0) is 11.4. The highest BCUT2D eigenvalue weighted by Crippen LogP contribution is 2.21. The van der Waals surface area contributed by atoms with Crippen LogP contribution in [0.5, 0.6) is 0 Å². The monoisotopic (exact) mass is 216 g/mol. The molecule has 1 rings (SSSR count). The van der Waals surface area contributed by atoms with Gasteiger partial charge in [-0.2, -0.15) is 0 Å². The summed E-state index contributed by atoms with van der Waals surface area (Å²) in [5.74, 6) is -2.89. The molecule has 1 N–H and O–H groups in total. The summed E-state index contributed by atoms with van der Waals surface area (Å²) in [6.07, 6.45) is -1.80. The molecule has 15 heavy (non-hydrogen) atoms. The van der Waals surface area contributed by atoms with Crippen LogP contribution in [0.2, 0.25) is 0 Å². The van der Waals surface area contributed by atoms with Crippen molar-refractivity contribution in [1.82, 2.24) is 0 Å². The molecule has 5 heteroatoms. The topological polar surface area (TPSA) is 46.5 Å². The van der Waals surface area contributed by atoms with E-state index in [0.717, 1.165) is 13.2 Å². The Hall–Kier alpha value is -1.49. The first-order valence-electron chi connectivity index (χ1n) is 4.25. The number of ether oxygens (including phenoxy) is 1. The minimum Gasteiger partial charge on any atom is -0.469 e. The van der Waals surface area contributed by atoms with Crippen molar-refractivity contribution < 1.29 is 23.4 Å². The molecule has 1 atom stereocenters. The van der Waals surface area contributed by atoms with Crippen molar-refractivity contribution in [2.75, 3.05) is 7.11 Å². The summed E-state index contributed by atoms with van der Waals surface area (Å²) in [7, 11) is 1.15. The molecule has 0 unspecified atom stereocenters. The number of carbonyl (C=O) groups is 1. The summed E-state index contributed by atoms with van der Waals surface area (Å²) < 4.78 is 30.2. The van der Waals surface area contributed by atoms with Crippen molar-refractivity contribution in [3.63, 3.8) is 0 Å². The third-order valence-corrected chi connectivity index (χ3v) is 1.93. The van der Waals surface area contributed by atoms with Gasteiger partial charge in [-0.15, -0.1) is 0 Å². The third kappa shape index (κ3) is 2.73. The van der Waals surface area contributed by atoms with Gasteiger partial charge in [0.2, 0.25) is 0 Å². The van der Waals surface area contributed by atoms with Crippen LogP contribution < -0.4 is 0 Å². The van der Waals surface area contributed by atoms with Crippen molar-refractivity contribution >= 4 is 5.97 Å². The minimum absolute atomic E-state index is 0.250. The molecule has 0 fully saturated rings. The molecule has 0 aliphatic heterocycles. The number of benzene rings is 1. The number of esters is 1. The Labute approximate surface area is 85.3 Å². The van der Waals surface area contributed by atoms with Crippen molar-refractivity contribution in [2.24, 2.45) is 0 Å². The smallest absolute Gasteiger partial charge is 0.308 e. The van der Waals surface area contributed by atoms with E-state index >= 15 is 0 Å². The average Bonchev–Trinajstić information content (AvgIpc) is 2.21. The minimum atomic E-state index is -1.40. The number of methoxy groups -OCH3 is 1. The van der Waals surface area contributed by atoms with Gasteiger partial charge in [-0.25, -0.2) is 8.78 Å². The van der Waals surface area contributed by atoms with E-state index in [2.05, 4.69) is 4.74 Å². The molecule has 0 aromatic heterocycles. The normalized spacial score (nSPS) is 12.3. The van der Waals surface area contributed by atoms with Crippen molar-refractivity contribution in [3.8, 4) is 0 Å². The molecular formula is C10H10F2O3. The van der Waals surface area contributed by atoms with Crippen molar-refractivity contribution in [2.45, 2.75) is 12.5 Å². The zero-order valence-corrected chi connectivity index (χ0v) is 8.04. The first kappa shape index (κ1) is 11.6. The molecule has 82 valence electrons. The van der Waals surface area contributed by atoms with E-state index in [4.69, 9.17) is 0 Å². The molecule has 0 saturated carbocycles. The standard InChI is InChI=1S/C10H10F2O3/c1-15-9(14)5-8(13)6-3-2-4-7(11)10(6)12/h2-4,8,13H,5H2,1H3/t8-/m0/s1. The molecule has 0 radical (unpaired) electrons. The van der Waals surface area contributed by atoms with E-state index in [1.807, 2.05) is 0 Å². The highest BCUT2D eigenvalue weighted by molar-refractivity contribution is 5.70. The number of halogens is 2. The Bertz CT molecular complexity index is 366. The molecule has 0 amide bonds. The van der Waals surface area contributed by atoms with Crippen LogP contribution in [0.4, 0.5) is 8.78 Å². The second-order valence-corrected chi connectivity index (χ2v) is 2.94. The van der Waals surface area contributed by atoms with Gasteiger partial charge in [0.15, 0.2) is 11.6 Å². The van der Waals surface area contributed by atoms with E-state index in [9.17, 15) is 18.7 Å². The summed E-state index contributed by atoms with van der Waals surface area (Å²) in [4.78, 5) is 10.8. The molecule has 0 bridgehead atoms. The van der Waals surface area contributed by atoms with Gasteiger partial charge in [0.1, 0.15) is 0 Å². The van der Waals surface area contributed by atoms with Crippen LogP contribution in [0.25, 0.3) is 0 Å². The lowest BCUT2D eigenvalue weighted by molar-refractivity contribution is -0.142. The first-order chi connectivity index (χ1) is 7.06. The number of aliphatic hydroxyl groups excluding tert-OH is 1. The summed E-state index contributed by atoms with van der Waals surface area (Å²) in [5, 5.41) is 9.42.